The van der Waals surface area contributed by atoms with Crippen molar-refractivity contribution < 1.29 is 9.18 Å². The second-order valence-electron chi connectivity index (χ2n) is 4.42. The first-order valence-electron chi connectivity index (χ1n) is 6.01. The third kappa shape index (κ3) is 3.83. The van der Waals surface area contributed by atoms with Gasteiger partial charge in [0.1, 0.15) is 11.9 Å². The second-order valence-corrected chi connectivity index (χ2v) is 5.29. The van der Waals surface area contributed by atoms with E-state index in [0.717, 1.165) is 22.9 Å². The zero-order valence-electron chi connectivity index (χ0n) is 10.9. The first kappa shape index (κ1) is 15.5. The lowest BCUT2D eigenvalue weighted by molar-refractivity contribution is -0.118. The van der Waals surface area contributed by atoms with Crippen molar-refractivity contribution in [1.82, 2.24) is 4.57 Å². The molecule has 0 saturated heterocycles. The van der Waals surface area contributed by atoms with Gasteiger partial charge in [-0.25, -0.2) is 4.39 Å². The summed E-state index contributed by atoms with van der Waals surface area (Å²) in [6.07, 6.45) is 0.984. The fourth-order valence-electron chi connectivity index (χ4n) is 1.78. The van der Waals surface area contributed by atoms with Gasteiger partial charge in [-0.3, -0.25) is 9.59 Å². The SMILES string of the molecule is CC(C(=O)Nc1cc(Cl)cc(Cl)c1)n1cc(F)ccc1=O. The number of rotatable bonds is 3. The van der Waals surface area contributed by atoms with Crippen molar-refractivity contribution in [3.05, 3.63) is 62.7 Å². The number of aromatic nitrogens is 1. The summed E-state index contributed by atoms with van der Waals surface area (Å²) < 4.78 is 14.2. The quantitative estimate of drug-likeness (QED) is 0.937. The third-order valence-corrected chi connectivity index (χ3v) is 3.27. The molecule has 0 fully saturated rings. The molecule has 1 atom stereocenters. The topological polar surface area (TPSA) is 51.1 Å². The van der Waals surface area contributed by atoms with Gasteiger partial charge in [0.25, 0.3) is 5.56 Å². The summed E-state index contributed by atoms with van der Waals surface area (Å²) in [5.41, 5.74) is -0.0722. The van der Waals surface area contributed by atoms with E-state index < -0.39 is 23.3 Å². The predicted molar refractivity (Wildman–Crippen MR) is 80.5 cm³/mol. The molecule has 1 N–H and O–H groups in total. The zero-order valence-corrected chi connectivity index (χ0v) is 12.5. The molecule has 1 unspecified atom stereocenters. The van der Waals surface area contributed by atoms with Crippen molar-refractivity contribution in [2.24, 2.45) is 0 Å². The number of amides is 1. The van der Waals surface area contributed by atoms with Gasteiger partial charge in [0.2, 0.25) is 5.91 Å². The molecule has 1 aromatic heterocycles. The van der Waals surface area contributed by atoms with Gasteiger partial charge in [0, 0.05) is 28.0 Å². The van der Waals surface area contributed by atoms with E-state index in [4.69, 9.17) is 23.2 Å². The van der Waals surface area contributed by atoms with Crippen LogP contribution in [-0.4, -0.2) is 10.5 Å². The van der Waals surface area contributed by atoms with Gasteiger partial charge < -0.3 is 9.88 Å². The van der Waals surface area contributed by atoms with Crippen LogP contribution in [0.1, 0.15) is 13.0 Å². The van der Waals surface area contributed by atoms with E-state index >= 15 is 0 Å². The van der Waals surface area contributed by atoms with Crippen LogP contribution in [0.25, 0.3) is 0 Å². The van der Waals surface area contributed by atoms with Gasteiger partial charge in [-0.05, 0) is 31.2 Å². The second kappa shape index (κ2) is 6.28. The molecule has 21 heavy (non-hydrogen) atoms. The van der Waals surface area contributed by atoms with E-state index in [9.17, 15) is 14.0 Å². The Bertz CT molecular complexity index is 726. The van der Waals surface area contributed by atoms with Crippen molar-refractivity contribution >= 4 is 34.8 Å². The van der Waals surface area contributed by atoms with E-state index in [1.165, 1.54) is 25.1 Å². The summed E-state index contributed by atoms with van der Waals surface area (Å²) in [5.74, 6) is -1.08. The van der Waals surface area contributed by atoms with Crippen LogP contribution in [0.2, 0.25) is 10.0 Å². The Morgan fingerprint density at radius 1 is 1.24 bits per heavy atom. The minimum Gasteiger partial charge on any atom is -0.324 e. The first-order chi connectivity index (χ1) is 9.86. The molecular formula is C14H11Cl2FN2O2. The molecule has 110 valence electrons. The maximum absolute atomic E-state index is 13.2. The normalized spacial score (nSPS) is 12.0. The molecular weight excluding hydrogens is 318 g/mol. The molecule has 0 saturated carbocycles. The fourth-order valence-corrected chi connectivity index (χ4v) is 2.30. The predicted octanol–water partition coefficient (Wildman–Crippen LogP) is 3.49. The Kier molecular flexibility index (Phi) is 4.65. The number of nitrogens with zero attached hydrogens (tertiary/aromatic N) is 1. The Morgan fingerprint density at radius 3 is 2.48 bits per heavy atom. The van der Waals surface area contributed by atoms with Crippen LogP contribution in [0.3, 0.4) is 0 Å². The number of anilines is 1. The number of hydrogen-bond acceptors (Lipinski definition) is 2. The third-order valence-electron chi connectivity index (χ3n) is 2.83. The Balaban J connectivity index is 2.23. The minimum absolute atomic E-state index is 0.369. The van der Waals surface area contributed by atoms with Crippen molar-refractivity contribution in [3.8, 4) is 0 Å². The molecule has 1 amide bonds. The maximum atomic E-state index is 13.2. The van der Waals surface area contributed by atoms with Gasteiger partial charge in [-0.1, -0.05) is 23.2 Å². The average Bonchev–Trinajstić information content (AvgIpc) is 2.39. The Labute approximate surface area is 130 Å². The summed E-state index contributed by atoms with van der Waals surface area (Å²) in [6.45, 7) is 1.49. The van der Waals surface area contributed by atoms with Crippen LogP contribution in [0, 0.1) is 5.82 Å². The van der Waals surface area contributed by atoms with Gasteiger partial charge >= 0.3 is 0 Å². The van der Waals surface area contributed by atoms with E-state index in [2.05, 4.69) is 5.32 Å². The average molecular weight is 329 g/mol. The van der Waals surface area contributed by atoms with Crippen molar-refractivity contribution in [2.75, 3.05) is 5.32 Å². The monoisotopic (exact) mass is 328 g/mol. The van der Waals surface area contributed by atoms with Gasteiger partial charge in [-0.2, -0.15) is 0 Å². The highest BCUT2D eigenvalue weighted by Crippen LogP contribution is 2.23. The van der Waals surface area contributed by atoms with Crippen LogP contribution >= 0.6 is 23.2 Å². The first-order valence-corrected chi connectivity index (χ1v) is 6.77. The minimum atomic E-state index is -0.883. The lowest BCUT2D eigenvalue weighted by Gasteiger charge is -2.15. The number of pyridine rings is 1. The Morgan fingerprint density at radius 2 is 1.86 bits per heavy atom. The molecule has 2 aromatic rings. The number of nitrogens with one attached hydrogen (secondary N) is 1. The number of hydrogen-bond donors (Lipinski definition) is 1. The lowest BCUT2D eigenvalue weighted by atomic mass is 10.2. The lowest BCUT2D eigenvalue weighted by Crippen LogP contribution is -2.31. The zero-order chi connectivity index (χ0) is 15.6. The summed E-state index contributed by atoms with van der Waals surface area (Å²) >= 11 is 11.7. The number of carbonyl (C=O) groups is 1. The van der Waals surface area contributed by atoms with E-state index in [0.29, 0.717) is 15.7 Å². The highest BCUT2D eigenvalue weighted by Gasteiger charge is 2.17. The Hall–Kier alpha value is -1.85. The molecule has 0 aliphatic heterocycles. The summed E-state index contributed by atoms with van der Waals surface area (Å²) in [6, 6.07) is 5.79. The van der Waals surface area contributed by atoms with Crippen molar-refractivity contribution in [3.63, 3.8) is 0 Å². The largest absolute Gasteiger partial charge is 0.324 e. The van der Waals surface area contributed by atoms with E-state index in [1.54, 1.807) is 0 Å². The highest BCUT2D eigenvalue weighted by molar-refractivity contribution is 6.35. The highest BCUT2D eigenvalue weighted by atomic mass is 35.5. The van der Waals surface area contributed by atoms with Crippen LogP contribution in [-0.2, 0) is 4.79 Å². The standard InChI is InChI=1S/C14H11Cl2FN2O2/c1-8(19-7-11(17)2-3-13(19)20)14(21)18-12-5-9(15)4-10(16)6-12/h2-8H,1H3,(H,18,21). The summed E-state index contributed by atoms with van der Waals surface area (Å²) in [4.78, 5) is 23.8. The maximum Gasteiger partial charge on any atom is 0.251 e. The van der Waals surface area contributed by atoms with Gasteiger partial charge in [0.05, 0.1) is 0 Å². The van der Waals surface area contributed by atoms with Gasteiger partial charge in [0.15, 0.2) is 0 Å². The van der Waals surface area contributed by atoms with Crippen molar-refractivity contribution in [2.45, 2.75) is 13.0 Å². The number of carbonyl (C=O) groups excluding carboxylic acids is 1. The number of halogens is 3. The van der Waals surface area contributed by atoms with Crippen LogP contribution in [0.4, 0.5) is 10.1 Å². The molecule has 2 rings (SSSR count). The number of benzene rings is 1. The fraction of sp³-hybridized carbons (Fsp3) is 0.143. The molecule has 0 spiro atoms. The molecule has 7 heteroatoms. The van der Waals surface area contributed by atoms with Gasteiger partial charge in [-0.15, -0.1) is 0 Å². The molecule has 0 aliphatic rings. The summed E-state index contributed by atoms with van der Waals surface area (Å²) in [7, 11) is 0. The smallest absolute Gasteiger partial charge is 0.251 e. The van der Waals surface area contributed by atoms with Crippen molar-refractivity contribution in [1.29, 1.82) is 0 Å². The van der Waals surface area contributed by atoms with Crippen LogP contribution in [0.15, 0.2) is 41.3 Å². The molecule has 1 heterocycles. The summed E-state index contributed by atoms with van der Waals surface area (Å²) in [5, 5.41) is 3.32. The van der Waals surface area contributed by atoms with E-state index in [1.807, 2.05) is 0 Å². The van der Waals surface area contributed by atoms with Crippen LogP contribution < -0.4 is 10.9 Å². The molecule has 1 aromatic carbocycles. The molecule has 0 bridgehead atoms. The molecule has 0 radical (unpaired) electrons. The van der Waals surface area contributed by atoms with Crippen LogP contribution in [0.5, 0.6) is 0 Å². The molecule has 0 aliphatic carbocycles. The van der Waals surface area contributed by atoms with E-state index in [-0.39, 0.29) is 0 Å². The molecule has 4 nitrogen and oxygen atoms in total.